The molecule has 0 spiro atoms. The second-order valence-electron chi connectivity index (χ2n) is 6.23. The fourth-order valence-corrected chi connectivity index (χ4v) is 3.06. The summed E-state index contributed by atoms with van der Waals surface area (Å²) in [5.74, 6) is -1.82. The molecule has 116 valence electrons. The van der Waals surface area contributed by atoms with E-state index in [1.165, 1.54) is 16.2 Å². The number of amides is 1. The first-order valence-electron chi connectivity index (χ1n) is 6.80. The molecular formula is C14H20N2O4S. The highest BCUT2D eigenvalue weighted by Gasteiger charge is 2.42. The van der Waals surface area contributed by atoms with Crippen LogP contribution in [0.2, 0.25) is 0 Å². The summed E-state index contributed by atoms with van der Waals surface area (Å²) in [6.07, 6.45) is -0.469. The Morgan fingerprint density at radius 3 is 2.57 bits per heavy atom. The van der Waals surface area contributed by atoms with Crippen LogP contribution in [0.25, 0.3) is 0 Å². The van der Waals surface area contributed by atoms with E-state index in [2.05, 4.69) is 4.98 Å². The Morgan fingerprint density at radius 2 is 2.10 bits per heavy atom. The summed E-state index contributed by atoms with van der Waals surface area (Å²) in [5, 5.41) is 12.1. The maximum absolute atomic E-state index is 12.1. The number of thiazole rings is 1. The van der Waals surface area contributed by atoms with Crippen LogP contribution in [-0.4, -0.2) is 45.7 Å². The van der Waals surface area contributed by atoms with Gasteiger partial charge in [0.05, 0.1) is 16.6 Å². The molecule has 2 rings (SSSR count). The molecule has 21 heavy (non-hydrogen) atoms. The number of aliphatic carboxylic acids is 1. The Bertz CT molecular complexity index is 549. The topological polar surface area (TPSA) is 79.7 Å². The highest BCUT2D eigenvalue weighted by atomic mass is 32.1. The van der Waals surface area contributed by atoms with E-state index in [-0.39, 0.29) is 12.5 Å². The predicted octanol–water partition coefficient (Wildman–Crippen LogP) is 2.49. The maximum atomic E-state index is 12.1. The van der Waals surface area contributed by atoms with Crippen LogP contribution in [0.1, 0.15) is 37.4 Å². The fourth-order valence-electron chi connectivity index (χ4n) is 2.38. The van der Waals surface area contributed by atoms with Crippen molar-refractivity contribution in [3.63, 3.8) is 0 Å². The quantitative estimate of drug-likeness (QED) is 0.907. The summed E-state index contributed by atoms with van der Waals surface area (Å²) in [7, 11) is 0. The van der Waals surface area contributed by atoms with Crippen LogP contribution in [0.3, 0.4) is 0 Å². The molecule has 0 aromatic carbocycles. The van der Waals surface area contributed by atoms with E-state index in [4.69, 9.17) is 4.74 Å². The molecule has 2 atom stereocenters. The van der Waals surface area contributed by atoms with Gasteiger partial charge in [-0.05, 0) is 27.7 Å². The van der Waals surface area contributed by atoms with Crippen molar-refractivity contribution >= 4 is 23.4 Å². The highest BCUT2D eigenvalue weighted by Crippen LogP contribution is 2.34. The van der Waals surface area contributed by atoms with Crippen LogP contribution in [0.5, 0.6) is 0 Å². The molecular weight excluding hydrogens is 292 g/mol. The van der Waals surface area contributed by atoms with Crippen LogP contribution in [0.4, 0.5) is 4.79 Å². The zero-order valence-electron chi connectivity index (χ0n) is 12.6. The molecule has 0 radical (unpaired) electrons. The van der Waals surface area contributed by atoms with Gasteiger partial charge in [-0.15, -0.1) is 11.3 Å². The van der Waals surface area contributed by atoms with E-state index in [0.29, 0.717) is 6.54 Å². The SMILES string of the molecule is Cc1nc(C2CN(C(=O)OC(C)(C)C)CC2C(=O)O)cs1. The van der Waals surface area contributed by atoms with Gasteiger partial charge in [0, 0.05) is 24.4 Å². The molecule has 1 aliphatic heterocycles. The van der Waals surface area contributed by atoms with Gasteiger partial charge in [0.1, 0.15) is 5.60 Å². The molecule has 0 bridgehead atoms. The summed E-state index contributed by atoms with van der Waals surface area (Å²) in [5.41, 5.74) is 0.154. The molecule has 0 saturated carbocycles. The summed E-state index contributed by atoms with van der Waals surface area (Å²) in [6, 6.07) is 0. The Kier molecular flexibility index (Phi) is 4.22. The minimum atomic E-state index is -0.906. The molecule has 7 heteroatoms. The number of likely N-dealkylation sites (tertiary alicyclic amines) is 1. The molecule has 1 aromatic rings. The second-order valence-corrected chi connectivity index (χ2v) is 7.29. The average Bonchev–Trinajstić information content (AvgIpc) is 2.91. The third kappa shape index (κ3) is 3.72. The van der Waals surface area contributed by atoms with Gasteiger partial charge in [-0.1, -0.05) is 0 Å². The molecule has 0 aliphatic carbocycles. The van der Waals surface area contributed by atoms with Crippen molar-refractivity contribution < 1.29 is 19.4 Å². The number of aryl methyl sites for hydroxylation is 1. The second kappa shape index (κ2) is 5.63. The average molecular weight is 312 g/mol. The van der Waals surface area contributed by atoms with Crippen molar-refractivity contribution in [2.45, 2.75) is 39.2 Å². The molecule has 2 heterocycles. The fraction of sp³-hybridized carbons (Fsp3) is 0.643. The van der Waals surface area contributed by atoms with Crippen molar-refractivity contribution in [2.24, 2.45) is 5.92 Å². The van der Waals surface area contributed by atoms with E-state index >= 15 is 0 Å². The molecule has 6 nitrogen and oxygen atoms in total. The minimum Gasteiger partial charge on any atom is -0.481 e. The van der Waals surface area contributed by atoms with Crippen molar-refractivity contribution in [3.8, 4) is 0 Å². The number of aromatic nitrogens is 1. The van der Waals surface area contributed by atoms with Gasteiger partial charge in [-0.25, -0.2) is 9.78 Å². The van der Waals surface area contributed by atoms with E-state index in [1.807, 2.05) is 12.3 Å². The predicted molar refractivity (Wildman–Crippen MR) is 78.5 cm³/mol. The first kappa shape index (κ1) is 15.8. The van der Waals surface area contributed by atoms with Gasteiger partial charge in [0.2, 0.25) is 0 Å². The Labute approximate surface area is 127 Å². The van der Waals surface area contributed by atoms with Crippen molar-refractivity contribution in [1.29, 1.82) is 0 Å². The first-order chi connectivity index (χ1) is 9.67. The van der Waals surface area contributed by atoms with E-state index < -0.39 is 23.6 Å². The third-order valence-corrected chi connectivity index (χ3v) is 4.10. The van der Waals surface area contributed by atoms with E-state index in [0.717, 1.165) is 10.7 Å². The Hall–Kier alpha value is -1.63. The van der Waals surface area contributed by atoms with Crippen LogP contribution in [0, 0.1) is 12.8 Å². The Morgan fingerprint density at radius 1 is 1.43 bits per heavy atom. The number of carbonyl (C=O) groups is 2. The van der Waals surface area contributed by atoms with Gasteiger partial charge in [-0.2, -0.15) is 0 Å². The van der Waals surface area contributed by atoms with Gasteiger partial charge >= 0.3 is 12.1 Å². The maximum Gasteiger partial charge on any atom is 0.410 e. The van der Waals surface area contributed by atoms with Gasteiger partial charge in [-0.3, -0.25) is 4.79 Å². The smallest absolute Gasteiger partial charge is 0.410 e. The van der Waals surface area contributed by atoms with Crippen molar-refractivity contribution in [3.05, 3.63) is 16.1 Å². The van der Waals surface area contributed by atoms with Crippen molar-refractivity contribution in [1.82, 2.24) is 9.88 Å². The van der Waals surface area contributed by atoms with E-state index in [1.54, 1.807) is 20.8 Å². The van der Waals surface area contributed by atoms with E-state index in [9.17, 15) is 14.7 Å². The largest absolute Gasteiger partial charge is 0.481 e. The first-order valence-corrected chi connectivity index (χ1v) is 7.68. The molecule has 1 N–H and O–H groups in total. The minimum absolute atomic E-state index is 0.158. The number of hydrogen-bond donors (Lipinski definition) is 1. The van der Waals surface area contributed by atoms with Gasteiger partial charge in [0.15, 0.2) is 0 Å². The number of ether oxygens (including phenoxy) is 1. The summed E-state index contributed by atoms with van der Waals surface area (Å²) in [4.78, 5) is 29.4. The normalized spacial score (nSPS) is 22.4. The molecule has 1 aliphatic rings. The summed E-state index contributed by atoms with van der Waals surface area (Å²) >= 11 is 1.49. The lowest BCUT2D eigenvalue weighted by Crippen LogP contribution is -2.35. The molecule has 1 saturated heterocycles. The molecule has 1 fully saturated rings. The Balaban J connectivity index is 2.15. The zero-order chi connectivity index (χ0) is 15.8. The summed E-state index contributed by atoms with van der Waals surface area (Å²) in [6.45, 7) is 7.73. The van der Waals surface area contributed by atoms with Crippen LogP contribution >= 0.6 is 11.3 Å². The molecule has 1 aromatic heterocycles. The standard InChI is InChI=1S/C14H20N2O4S/c1-8-15-11(7-21-8)9-5-16(6-10(9)12(17)18)13(19)20-14(2,3)4/h7,9-10H,5-6H2,1-4H3,(H,17,18). The van der Waals surface area contributed by atoms with Gasteiger partial charge < -0.3 is 14.7 Å². The van der Waals surface area contributed by atoms with Crippen LogP contribution in [-0.2, 0) is 9.53 Å². The number of carboxylic acid groups (broad SMARTS) is 1. The number of rotatable bonds is 2. The number of carbonyl (C=O) groups excluding carboxylic acids is 1. The van der Waals surface area contributed by atoms with Crippen LogP contribution in [0.15, 0.2) is 5.38 Å². The number of nitrogens with zero attached hydrogens (tertiary/aromatic N) is 2. The molecule has 2 unspecified atom stereocenters. The lowest BCUT2D eigenvalue weighted by Gasteiger charge is -2.24. The lowest BCUT2D eigenvalue weighted by atomic mass is 9.94. The monoisotopic (exact) mass is 312 g/mol. The lowest BCUT2D eigenvalue weighted by molar-refractivity contribution is -0.141. The highest BCUT2D eigenvalue weighted by molar-refractivity contribution is 7.09. The third-order valence-electron chi connectivity index (χ3n) is 3.31. The number of carboxylic acids is 1. The number of hydrogen-bond acceptors (Lipinski definition) is 5. The zero-order valence-corrected chi connectivity index (χ0v) is 13.4. The molecule has 1 amide bonds. The van der Waals surface area contributed by atoms with Crippen LogP contribution < -0.4 is 0 Å². The summed E-state index contributed by atoms with van der Waals surface area (Å²) < 4.78 is 5.32. The van der Waals surface area contributed by atoms with Gasteiger partial charge in [0.25, 0.3) is 0 Å². The van der Waals surface area contributed by atoms with Crippen molar-refractivity contribution in [2.75, 3.05) is 13.1 Å².